The molecule has 0 radical (unpaired) electrons. The van der Waals surface area contributed by atoms with Crippen molar-refractivity contribution in [3.05, 3.63) is 50.0 Å². The Morgan fingerprint density at radius 2 is 2.17 bits per heavy atom. The first kappa shape index (κ1) is 16.3. The van der Waals surface area contributed by atoms with E-state index in [1.54, 1.807) is 16.2 Å². The maximum Gasteiger partial charge on any atom is 0.309 e. The van der Waals surface area contributed by atoms with Gasteiger partial charge in [0.25, 0.3) is 0 Å². The fourth-order valence-electron chi connectivity index (χ4n) is 3.17. The Morgan fingerprint density at radius 1 is 1.48 bits per heavy atom. The first-order chi connectivity index (χ1) is 10.8. The number of rotatable bonds is 3. The van der Waals surface area contributed by atoms with Gasteiger partial charge in [0.2, 0.25) is 0 Å². The molecule has 1 unspecified atom stereocenters. The molecule has 0 saturated carbocycles. The molecular formula is C15H13BrF2N2O2S. The summed E-state index contributed by atoms with van der Waals surface area (Å²) in [6.45, 7) is 0.339. The van der Waals surface area contributed by atoms with Gasteiger partial charge in [-0.05, 0) is 46.7 Å². The van der Waals surface area contributed by atoms with Crippen LogP contribution < -0.4 is 0 Å². The molecule has 2 aromatic rings. The first-order valence-corrected chi connectivity index (χ1v) is 8.13. The van der Waals surface area contributed by atoms with Crippen molar-refractivity contribution in [2.45, 2.75) is 25.3 Å². The van der Waals surface area contributed by atoms with Crippen LogP contribution in [0.4, 0.5) is 8.78 Å². The van der Waals surface area contributed by atoms with Crippen LogP contribution in [0.3, 0.4) is 0 Å². The van der Waals surface area contributed by atoms with Crippen molar-refractivity contribution in [1.29, 1.82) is 0 Å². The number of fused-ring (bicyclic) bond motifs is 1. The number of benzene rings is 1. The van der Waals surface area contributed by atoms with Gasteiger partial charge in [-0.1, -0.05) is 0 Å². The molecule has 1 aromatic carbocycles. The fourth-order valence-corrected chi connectivity index (χ4v) is 3.81. The van der Waals surface area contributed by atoms with Crippen molar-refractivity contribution in [3.63, 3.8) is 0 Å². The predicted octanol–water partition coefficient (Wildman–Crippen LogP) is 3.56. The molecule has 1 N–H and O–H groups in total. The first-order valence-electron chi connectivity index (χ1n) is 6.93. The minimum atomic E-state index is -0.965. The number of hydrogen-bond acceptors (Lipinski definition) is 2. The summed E-state index contributed by atoms with van der Waals surface area (Å²) in [6, 6.07) is 2.56. The lowest BCUT2D eigenvalue weighted by atomic mass is 9.95. The van der Waals surface area contributed by atoms with E-state index in [4.69, 9.17) is 17.3 Å². The van der Waals surface area contributed by atoms with Crippen molar-refractivity contribution in [2.75, 3.05) is 0 Å². The minimum absolute atomic E-state index is 0.0152. The summed E-state index contributed by atoms with van der Waals surface area (Å²) >= 11 is 8.40. The molecule has 122 valence electrons. The van der Waals surface area contributed by atoms with Crippen LogP contribution >= 0.6 is 28.1 Å². The molecule has 0 spiro atoms. The normalized spacial score (nSPS) is 16.6. The molecule has 23 heavy (non-hydrogen) atoms. The highest BCUT2D eigenvalue weighted by Gasteiger charge is 2.32. The third-order valence-corrected chi connectivity index (χ3v) is 5.34. The van der Waals surface area contributed by atoms with Gasteiger partial charge in [0.1, 0.15) is 11.6 Å². The van der Waals surface area contributed by atoms with Crippen LogP contribution in [0.1, 0.15) is 22.9 Å². The van der Waals surface area contributed by atoms with Gasteiger partial charge >= 0.3 is 5.97 Å². The van der Waals surface area contributed by atoms with Gasteiger partial charge in [-0.25, -0.2) is 8.78 Å². The SMILES string of the molecule is Cn1c(CC(=O)O)c2n(c1=S)CC(c1c(F)ccc(Br)c1F)C2. The summed E-state index contributed by atoms with van der Waals surface area (Å²) < 4.78 is 32.5. The Kier molecular flexibility index (Phi) is 4.14. The second kappa shape index (κ2) is 5.83. The Bertz CT molecular complexity index is 875. The zero-order chi connectivity index (χ0) is 16.9. The van der Waals surface area contributed by atoms with Gasteiger partial charge in [-0.3, -0.25) is 4.79 Å². The fraction of sp³-hybridized carbons (Fsp3) is 0.333. The number of hydrogen-bond donors (Lipinski definition) is 1. The molecular weight excluding hydrogens is 390 g/mol. The maximum atomic E-state index is 14.3. The Labute approximate surface area is 144 Å². The van der Waals surface area contributed by atoms with Crippen LogP contribution in [0.25, 0.3) is 0 Å². The van der Waals surface area contributed by atoms with Crippen molar-refractivity contribution in [3.8, 4) is 0 Å². The molecule has 2 heterocycles. The standard InChI is InChI=1S/C15H13BrF2N2O2S/c1-19-10(5-12(21)22)11-4-7(6-20(11)15(19)23)13-9(17)3-2-8(16)14(13)18/h2-3,7H,4-6H2,1H3,(H,21,22). The second-order valence-corrected chi connectivity index (χ2v) is 6.79. The van der Waals surface area contributed by atoms with Crippen LogP contribution in [0.2, 0.25) is 0 Å². The molecule has 1 aliphatic rings. The molecule has 0 saturated heterocycles. The van der Waals surface area contributed by atoms with Gasteiger partial charge in [0.05, 0.1) is 16.6 Å². The summed E-state index contributed by atoms with van der Waals surface area (Å²) in [4.78, 5) is 11.1. The van der Waals surface area contributed by atoms with Crippen molar-refractivity contribution < 1.29 is 18.7 Å². The average molecular weight is 403 g/mol. The second-order valence-electron chi connectivity index (χ2n) is 5.57. The number of halogens is 3. The molecule has 8 heteroatoms. The lowest BCUT2D eigenvalue weighted by molar-refractivity contribution is -0.136. The number of carboxylic acid groups (broad SMARTS) is 1. The summed E-state index contributed by atoms with van der Waals surface area (Å²) in [5, 5.41) is 9.06. The van der Waals surface area contributed by atoms with Crippen molar-refractivity contribution >= 4 is 34.1 Å². The largest absolute Gasteiger partial charge is 0.481 e. The number of nitrogens with zero attached hydrogens (tertiary/aromatic N) is 2. The zero-order valence-corrected chi connectivity index (χ0v) is 14.5. The summed E-state index contributed by atoms with van der Waals surface area (Å²) in [6.07, 6.45) is 0.191. The van der Waals surface area contributed by atoms with Gasteiger partial charge in [-0.2, -0.15) is 0 Å². The Balaban J connectivity index is 2.05. The highest BCUT2D eigenvalue weighted by molar-refractivity contribution is 9.10. The van der Waals surface area contributed by atoms with E-state index in [1.165, 1.54) is 12.1 Å². The molecule has 4 nitrogen and oxygen atoms in total. The van der Waals surface area contributed by atoms with E-state index in [0.29, 0.717) is 23.4 Å². The summed E-state index contributed by atoms with van der Waals surface area (Å²) in [5.74, 6) is -2.59. The minimum Gasteiger partial charge on any atom is -0.481 e. The van der Waals surface area contributed by atoms with Crippen LogP contribution in [-0.4, -0.2) is 20.2 Å². The van der Waals surface area contributed by atoms with E-state index in [-0.39, 0.29) is 16.5 Å². The third-order valence-electron chi connectivity index (χ3n) is 4.23. The number of carboxylic acids is 1. The van der Waals surface area contributed by atoms with Crippen LogP contribution in [0.5, 0.6) is 0 Å². The van der Waals surface area contributed by atoms with E-state index in [9.17, 15) is 13.6 Å². The van der Waals surface area contributed by atoms with Crippen molar-refractivity contribution in [1.82, 2.24) is 9.13 Å². The molecule has 0 aliphatic carbocycles. The lowest BCUT2D eigenvalue weighted by Gasteiger charge is -2.13. The van der Waals surface area contributed by atoms with Gasteiger partial charge in [-0.15, -0.1) is 0 Å². The average Bonchev–Trinajstić information content (AvgIpc) is 2.99. The predicted molar refractivity (Wildman–Crippen MR) is 86.1 cm³/mol. The van der Waals surface area contributed by atoms with Crippen LogP contribution in [0, 0.1) is 16.4 Å². The van der Waals surface area contributed by atoms with Gasteiger partial charge in [0, 0.05) is 30.8 Å². The van der Waals surface area contributed by atoms with Gasteiger partial charge < -0.3 is 14.2 Å². The molecule has 0 fully saturated rings. The third kappa shape index (κ3) is 2.63. The zero-order valence-electron chi connectivity index (χ0n) is 12.1. The van der Waals surface area contributed by atoms with Gasteiger partial charge in [0.15, 0.2) is 4.77 Å². The quantitative estimate of drug-likeness (QED) is 0.630. The van der Waals surface area contributed by atoms with E-state index in [2.05, 4.69) is 15.9 Å². The monoisotopic (exact) mass is 402 g/mol. The number of imidazole rings is 1. The molecule has 3 rings (SSSR count). The van der Waals surface area contributed by atoms with E-state index in [0.717, 1.165) is 5.69 Å². The lowest BCUT2D eigenvalue weighted by Crippen LogP contribution is -2.11. The van der Waals surface area contributed by atoms with E-state index in [1.807, 2.05) is 0 Å². The van der Waals surface area contributed by atoms with E-state index >= 15 is 0 Å². The number of aromatic nitrogens is 2. The van der Waals surface area contributed by atoms with Crippen molar-refractivity contribution in [2.24, 2.45) is 7.05 Å². The van der Waals surface area contributed by atoms with Crippen LogP contribution in [-0.2, 0) is 31.2 Å². The van der Waals surface area contributed by atoms with E-state index < -0.39 is 23.5 Å². The smallest absolute Gasteiger partial charge is 0.309 e. The molecule has 1 aliphatic heterocycles. The summed E-state index contributed by atoms with van der Waals surface area (Å²) in [7, 11) is 1.71. The Morgan fingerprint density at radius 3 is 2.83 bits per heavy atom. The number of carbonyl (C=O) groups is 1. The molecule has 0 bridgehead atoms. The summed E-state index contributed by atoms with van der Waals surface area (Å²) in [5.41, 5.74) is 1.34. The maximum absolute atomic E-state index is 14.3. The number of aliphatic carboxylic acids is 1. The van der Waals surface area contributed by atoms with Crippen LogP contribution in [0.15, 0.2) is 16.6 Å². The topological polar surface area (TPSA) is 47.2 Å². The highest BCUT2D eigenvalue weighted by atomic mass is 79.9. The molecule has 0 amide bonds. The Hall–Kier alpha value is -1.54. The molecule has 1 aromatic heterocycles. The highest BCUT2D eigenvalue weighted by Crippen LogP contribution is 2.37. The molecule has 1 atom stereocenters.